The maximum Gasteiger partial charge on any atom is 0.0960 e. The van der Waals surface area contributed by atoms with Crippen molar-refractivity contribution < 1.29 is 5.11 Å². The van der Waals surface area contributed by atoms with Gasteiger partial charge in [0.2, 0.25) is 0 Å². The summed E-state index contributed by atoms with van der Waals surface area (Å²) in [4.78, 5) is 4.07. The Morgan fingerprint density at radius 2 is 2.31 bits per heavy atom. The summed E-state index contributed by atoms with van der Waals surface area (Å²) in [5, 5.41) is 13.6. The third-order valence-corrected chi connectivity index (χ3v) is 3.13. The molecule has 1 aromatic rings. The third kappa shape index (κ3) is 2.94. The van der Waals surface area contributed by atoms with E-state index < -0.39 is 6.10 Å². The van der Waals surface area contributed by atoms with Gasteiger partial charge in [-0.1, -0.05) is 6.42 Å². The van der Waals surface area contributed by atoms with Gasteiger partial charge in [0.05, 0.1) is 6.10 Å². The number of halogens is 1. The van der Waals surface area contributed by atoms with Crippen LogP contribution in [0.15, 0.2) is 18.5 Å². The van der Waals surface area contributed by atoms with Crippen LogP contribution in [0, 0.1) is 6.92 Å². The Hall–Kier alpha value is -0.640. The van der Waals surface area contributed by atoms with Crippen LogP contribution in [0.1, 0.15) is 36.5 Å². The van der Waals surface area contributed by atoms with Gasteiger partial charge in [-0.25, -0.2) is 0 Å². The highest BCUT2D eigenvalue weighted by molar-refractivity contribution is 5.85. The average molecular weight is 243 g/mol. The normalized spacial score (nSPS) is 22.2. The molecule has 16 heavy (non-hydrogen) atoms. The van der Waals surface area contributed by atoms with Gasteiger partial charge in [-0.2, -0.15) is 0 Å². The molecule has 2 atom stereocenters. The zero-order valence-electron chi connectivity index (χ0n) is 9.52. The minimum Gasteiger partial charge on any atom is -0.387 e. The van der Waals surface area contributed by atoms with E-state index in [0.717, 1.165) is 24.1 Å². The Kier molecular flexibility index (Phi) is 5.19. The molecule has 4 heteroatoms. The van der Waals surface area contributed by atoms with Crippen LogP contribution in [-0.2, 0) is 0 Å². The van der Waals surface area contributed by atoms with Crippen molar-refractivity contribution in [3.05, 3.63) is 29.6 Å². The number of piperidine rings is 1. The second-order valence-corrected chi connectivity index (χ2v) is 4.23. The summed E-state index contributed by atoms with van der Waals surface area (Å²) in [5.41, 5.74) is 2.07. The number of aliphatic hydroxyl groups is 1. The van der Waals surface area contributed by atoms with Crippen LogP contribution in [0.25, 0.3) is 0 Å². The van der Waals surface area contributed by atoms with E-state index in [4.69, 9.17) is 0 Å². The molecule has 0 aromatic carbocycles. The summed E-state index contributed by atoms with van der Waals surface area (Å²) in [5.74, 6) is 0. The molecule has 3 nitrogen and oxygen atoms in total. The van der Waals surface area contributed by atoms with E-state index in [2.05, 4.69) is 10.3 Å². The maximum absolute atomic E-state index is 10.2. The molecule has 90 valence electrons. The first-order valence-electron chi connectivity index (χ1n) is 5.61. The number of hydrogen-bond acceptors (Lipinski definition) is 3. The summed E-state index contributed by atoms with van der Waals surface area (Å²) in [6.07, 6.45) is 6.59. The molecule has 0 spiro atoms. The molecule has 1 unspecified atom stereocenters. The summed E-state index contributed by atoms with van der Waals surface area (Å²) >= 11 is 0. The fourth-order valence-electron chi connectivity index (χ4n) is 2.15. The maximum atomic E-state index is 10.2. The first-order chi connectivity index (χ1) is 7.29. The van der Waals surface area contributed by atoms with E-state index in [0.29, 0.717) is 0 Å². The summed E-state index contributed by atoms with van der Waals surface area (Å²) in [7, 11) is 0. The molecule has 0 radical (unpaired) electrons. The smallest absolute Gasteiger partial charge is 0.0960 e. The van der Waals surface area contributed by atoms with Crippen molar-refractivity contribution in [1.82, 2.24) is 10.3 Å². The quantitative estimate of drug-likeness (QED) is 0.834. The minimum atomic E-state index is -0.418. The standard InChI is InChI=1S/C12H18N2O.ClH/c1-9-5-7-13-8-10(9)12(15)11-4-2-3-6-14-11;/h5,7-8,11-12,14-15H,2-4,6H2,1H3;1H/t11-,12?;/m0./s1. The van der Waals surface area contributed by atoms with Gasteiger partial charge in [-0.3, -0.25) is 4.98 Å². The number of nitrogens with one attached hydrogen (secondary N) is 1. The van der Waals surface area contributed by atoms with E-state index in [1.54, 1.807) is 12.4 Å². The number of nitrogens with zero attached hydrogens (tertiary/aromatic N) is 1. The molecule has 1 aliphatic rings. The van der Waals surface area contributed by atoms with E-state index in [9.17, 15) is 5.11 Å². The van der Waals surface area contributed by atoms with E-state index in [1.165, 1.54) is 12.8 Å². The first kappa shape index (κ1) is 13.4. The minimum absolute atomic E-state index is 0. The lowest BCUT2D eigenvalue weighted by Crippen LogP contribution is -2.39. The summed E-state index contributed by atoms with van der Waals surface area (Å²) < 4.78 is 0. The van der Waals surface area contributed by atoms with Crippen LogP contribution in [0.2, 0.25) is 0 Å². The van der Waals surface area contributed by atoms with Crippen LogP contribution in [0.3, 0.4) is 0 Å². The van der Waals surface area contributed by atoms with Crippen LogP contribution in [0.4, 0.5) is 0 Å². The average Bonchev–Trinajstić information content (AvgIpc) is 2.30. The molecule has 2 rings (SSSR count). The van der Waals surface area contributed by atoms with Crippen molar-refractivity contribution in [2.24, 2.45) is 0 Å². The fourth-order valence-corrected chi connectivity index (χ4v) is 2.15. The Morgan fingerprint density at radius 3 is 2.94 bits per heavy atom. The first-order valence-corrected chi connectivity index (χ1v) is 5.61. The van der Waals surface area contributed by atoms with Crippen molar-refractivity contribution in [3.8, 4) is 0 Å². The lowest BCUT2D eigenvalue weighted by molar-refractivity contribution is 0.113. The highest BCUT2D eigenvalue weighted by Crippen LogP contribution is 2.24. The molecule has 1 saturated heterocycles. The zero-order chi connectivity index (χ0) is 10.7. The number of aryl methyl sites for hydroxylation is 1. The molecular formula is C12H19ClN2O. The predicted molar refractivity (Wildman–Crippen MR) is 66.8 cm³/mol. The van der Waals surface area contributed by atoms with E-state index in [1.807, 2.05) is 13.0 Å². The monoisotopic (exact) mass is 242 g/mol. The molecule has 0 amide bonds. The molecule has 2 heterocycles. The van der Waals surface area contributed by atoms with E-state index in [-0.39, 0.29) is 18.4 Å². The number of pyridine rings is 1. The highest BCUT2D eigenvalue weighted by Gasteiger charge is 2.23. The predicted octanol–water partition coefficient (Wildman–Crippen LogP) is 1.99. The molecule has 2 N–H and O–H groups in total. The number of aliphatic hydroxyl groups excluding tert-OH is 1. The van der Waals surface area contributed by atoms with Gasteiger partial charge < -0.3 is 10.4 Å². The Balaban J connectivity index is 0.00000128. The third-order valence-electron chi connectivity index (χ3n) is 3.13. The fraction of sp³-hybridized carbons (Fsp3) is 0.583. The van der Waals surface area contributed by atoms with Gasteiger partial charge in [-0.05, 0) is 37.9 Å². The van der Waals surface area contributed by atoms with Crippen LogP contribution in [-0.4, -0.2) is 22.7 Å². The largest absolute Gasteiger partial charge is 0.387 e. The number of hydrogen-bond donors (Lipinski definition) is 2. The van der Waals surface area contributed by atoms with Crippen molar-refractivity contribution >= 4 is 12.4 Å². The Bertz CT molecular complexity index is 327. The second kappa shape index (κ2) is 6.18. The Morgan fingerprint density at radius 1 is 1.50 bits per heavy atom. The van der Waals surface area contributed by atoms with Crippen LogP contribution < -0.4 is 5.32 Å². The summed E-state index contributed by atoms with van der Waals surface area (Å²) in [6.45, 7) is 3.03. The van der Waals surface area contributed by atoms with Crippen molar-refractivity contribution in [2.75, 3.05) is 6.54 Å². The number of aromatic nitrogens is 1. The van der Waals surface area contributed by atoms with Crippen LogP contribution in [0.5, 0.6) is 0 Å². The molecular weight excluding hydrogens is 224 g/mol. The highest BCUT2D eigenvalue weighted by atomic mass is 35.5. The van der Waals surface area contributed by atoms with Gasteiger partial charge in [0, 0.05) is 24.0 Å². The lowest BCUT2D eigenvalue weighted by atomic mass is 9.94. The van der Waals surface area contributed by atoms with Gasteiger partial charge >= 0.3 is 0 Å². The van der Waals surface area contributed by atoms with Gasteiger partial charge in [0.25, 0.3) is 0 Å². The second-order valence-electron chi connectivity index (χ2n) is 4.23. The molecule has 1 fully saturated rings. The molecule has 0 saturated carbocycles. The zero-order valence-corrected chi connectivity index (χ0v) is 10.3. The van der Waals surface area contributed by atoms with Crippen molar-refractivity contribution in [3.63, 3.8) is 0 Å². The molecule has 0 bridgehead atoms. The molecule has 1 aromatic heterocycles. The Labute approximate surface area is 103 Å². The topological polar surface area (TPSA) is 45.2 Å². The lowest BCUT2D eigenvalue weighted by Gasteiger charge is -2.28. The summed E-state index contributed by atoms with van der Waals surface area (Å²) in [6, 6.07) is 2.14. The van der Waals surface area contributed by atoms with Gasteiger partial charge in [0.15, 0.2) is 0 Å². The van der Waals surface area contributed by atoms with E-state index >= 15 is 0 Å². The van der Waals surface area contributed by atoms with Crippen molar-refractivity contribution in [1.29, 1.82) is 0 Å². The molecule has 1 aliphatic heterocycles. The number of rotatable bonds is 2. The van der Waals surface area contributed by atoms with Crippen LogP contribution >= 0.6 is 12.4 Å². The molecule has 0 aliphatic carbocycles. The van der Waals surface area contributed by atoms with Gasteiger partial charge in [-0.15, -0.1) is 12.4 Å². The van der Waals surface area contributed by atoms with Gasteiger partial charge in [0.1, 0.15) is 0 Å². The van der Waals surface area contributed by atoms with Crippen molar-refractivity contribution in [2.45, 2.75) is 38.3 Å². The SMILES string of the molecule is Cc1ccncc1C(O)[C@@H]1CCCCN1.Cl.